The van der Waals surface area contributed by atoms with Gasteiger partial charge in [-0.05, 0) is 49.1 Å². The van der Waals surface area contributed by atoms with Gasteiger partial charge in [-0.15, -0.1) is 0 Å². The lowest BCUT2D eigenvalue weighted by molar-refractivity contribution is -0.126. The van der Waals surface area contributed by atoms with Crippen LogP contribution in [-0.2, 0) is 27.1 Å². The van der Waals surface area contributed by atoms with Crippen molar-refractivity contribution >= 4 is 27.5 Å². The van der Waals surface area contributed by atoms with Gasteiger partial charge in [0.25, 0.3) is 0 Å². The van der Waals surface area contributed by atoms with Crippen LogP contribution >= 0.6 is 11.6 Å². The lowest BCUT2D eigenvalue weighted by Crippen LogP contribution is -2.43. The fourth-order valence-electron chi connectivity index (χ4n) is 4.06. The molecule has 2 heterocycles. The van der Waals surface area contributed by atoms with Gasteiger partial charge in [0.1, 0.15) is 5.82 Å². The Morgan fingerprint density at radius 3 is 2.45 bits per heavy atom. The largest absolute Gasteiger partial charge is 0.352 e. The summed E-state index contributed by atoms with van der Waals surface area (Å²) in [5, 5.41) is 3.44. The van der Waals surface area contributed by atoms with E-state index in [0.29, 0.717) is 43.1 Å². The molecule has 9 heteroatoms. The number of piperidine rings is 1. The Hall–Kier alpha value is -2.68. The van der Waals surface area contributed by atoms with Crippen LogP contribution in [0.15, 0.2) is 60.9 Å². The summed E-state index contributed by atoms with van der Waals surface area (Å²) in [7, 11) is -3.48. The van der Waals surface area contributed by atoms with Crippen molar-refractivity contribution in [2.45, 2.75) is 32.1 Å². The van der Waals surface area contributed by atoms with E-state index in [2.05, 4.69) is 10.3 Å². The molecule has 33 heavy (non-hydrogen) atoms. The number of aromatic nitrogens is 2. The predicted molar refractivity (Wildman–Crippen MR) is 129 cm³/mol. The van der Waals surface area contributed by atoms with Crippen LogP contribution in [0.25, 0.3) is 5.69 Å². The number of benzene rings is 2. The van der Waals surface area contributed by atoms with Crippen molar-refractivity contribution < 1.29 is 13.2 Å². The second-order valence-corrected chi connectivity index (χ2v) is 10.6. The maximum atomic E-state index is 12.8. The molecule has 4 rings (SSSR count). The molecule has 2 aromatic carbocycles. The van der Waals surface area contributed by atoms with E-state index in [9.17, 15) is 13.2 Å². The third-order valence-electron chi connectivity index (χ3n) is 6.02. The molecule has 0 radical (unpaired) electrons. The molecule has 0 bridgehead atoms. The second-order valence-electron chi connectivity index (χ2n) is 8.25. The van der Waals surface area contributed by atoms with Gasteiger partial charge in [-0.1, -0.05) is 41.9 Å². The van der Waals surface area contributed by atoms with E-state index in [1.54, 1.807) is 30.5 Å². The molecule has 1 fully saturated rings. The van der Waals surface area contributed by atoms with Crippen molar-refractivity contribution in [1.29, 1.82) is 0 Å². The van der Waals surface area contributed by atoms with E-state index < -0.39 is 10.0 Å². The van der Waals surface area contributed by atoms with Gasteiger partial charge >= 0.3 is 0 Å². The Morgan fingerprint density at radius 1 is 1.12 bits per heavy atom. The van der Waals surface area contributed by atoms with Crippen molar-refractivity contribution in [3.63, 3.8) is 0 Å². The first-order valence-electron chi connectivity index (χ1n) is 10.9. The van der Waals surface area contributed by atoms with Crippen molar-refractivity contribution in [3.8, 4) is 5.69 Å². The molecule has 1 amide bonds. The molecule has 174 valence electrons. The zero-order chi connectivity index (χ0) is 23.4. The monoisotopic (exact) mass is 486 g/mol. The number of carbonyl (C=O) groups is 1. The molecular weight excluding hydrogens is 460 g/mol. The molecule has 0 spiro atoms. The highest BCUT2D eigenvalue weighted by Crippen LogP contribution is 2.24. The van der Waals surface area contributed by atoms with Crippen molar-refractivity contribution in [3.05, 3.63) is 82.9 Å². The smallest absolute Gasteiger partial charge is 0.223 e. The number of nitrogens with zero attached hydrogens (tertiary/aromatic N) is 3. The van der Waals surface area contributed by atoms with Gasteiger partial charge in [0.2, 0.25) is 15.9 Å². The Kier molecular flexibility index (Phi) is 7.17. The number of nitrogens with one attached hydrogen (secondary N) is 1. The van der Waals surface area contributed by atoms with E-state index in [-0.39, 0.29) is 17.6 Å². The van der Waals surface area contributed by atoms with Gasteiger partial charge in [-0.25, -0.2) is 17.7 Å². The van der Waals surface area contributed by atoms with Gasteiger partial charge in [0.15, 0.2) is 0 Å². The minimum Gasteiger partial charge on any atom is -0.352 e. The number of rotatable bonds is 7. The highest BCUT2D eigenvalue weighted by atomic mass is 35.5. The van der Waals surface area contributed by atoms with E-state index in [1.807, 2.05) is 42.0 Å². The Balaban J connectivity index is 1.27. The third-order valence-corrected chi connectivity index (χ3v) is 8.22. The topological polar surface area (TPSA) is 84.3 Å². The number of carbonyl (C=O) groups excluding carboxylic acids is 1. The molecule has 0 unspecified atom stereocenters. The number of imidazole rings is 1. The molecule has 1 aliphatic rings. The summed E-state index contributed by atoms with van der Waals surface area (Å²) in [5.74, 6) is 0.562. The average molecular weight is 487 g/mol. The number of hydrogen-bond acceptors (Lipinski definition) is 4. The molecule has 1 aliphatic heterocycles. The number of amides is 1. The molecule has 0 aliphatic carbocycles. The average Bonchev–Trinajstić information content (AvgIpc) is 3.25. The van der Waals surface area contributed by atoms with Gasteiger partial charge in [0, 0.05) is 48.7 Å². The van der Waals surface area contributed by atoms with Crippen LogP contribution in [-0.4, -0.2) is 41.3 Å². The molecule has 0 saturated carbocycles. The summed E-state index contributed by atoms with van der Waals surface area (Å²) in [6, 6.07) is 14.9. The van der Waals surface area contributed by atoms with E-state index >= 15 is 0 Å². The predicted octanol–water partition coefficient (Wildman–Crippen LogP) is 3.69. The van der Waals surface area contributed by atoms with Gasteiger partial charge < -0.3 is 9.88 Å². The summed E-state index contributed by atoms with van der Waals surface area (Å²) < 4.78 is 29.0. The lowest BCUT2D eigenvalue weighted by Gasteiger charge is -2.30. The number of hydrogen-bond donors (Lipinski definition) is 1. The normalized spacial score (nSPS) is 15.5. The molecule has 1 N–H and O–H groups in total. The minimum atomic E-state index is -3.48. The summed E-state index contributed by atoms with van der Waals surface area (Å²) in [4.78, 5) is 16.9. The molecule has 0 atom stereocenters. The first kappa shape index (κ1) is 23.5. The minimum absolute atomic E-state index is 0.0346. The van der Waals surface area contributed by atoms with E-state index in [4.69, 9.17) is 11.6 Å². The highest BCUT2D eigenvalue weighted by molar-refractivity contribution is 7.88. The van der Waals surface area contributed by atoms with Crippen molar-refractivity contribution in [2.24, 2.45) is 5.92 Å². The van der Waals surface area contributed by atoms with Crippen LogP contribution in [0.3, 0.4) is 0 Å². The third kappa shape index (κ3) is 5.63. The van der Waals surface area contributed by atoms with Crippen molar-refractivity contribution in [2.75, 3.05) is 13.1 Å². The number of aryl methyl sites for hydroxylation is 1. The lowest BCUT2D eigenvalue weighted by atomic mass is 9.97. The fourth-order valence-corrected chi connectivity index (χ4v) is 5.93. The Labute approximate surface area is 199 Å². The Bertz CT molecular complexity index is 1220. The van der Waals surface area contributed by atoms with E-state index in [0.717, 1.165) is 17.1 Å². The highest BCUT2D eigenvalue weighted by Gasteiger charge is 2.31. The fraction of sp³-hybridized carbons (Fsp3) is 0.333. The van der Waals surface area contributed by atoms with E-state index in [1.165, 1.54) is 4.31 Å². The quantitative estimate of drug-likeness (QED) is 0.552. The van der Waals surface area contributed by atoms with Gasteiger partial charge in [-0.2, -0.15) is 0 Å². The van der Waals surface area contributed by atoms with Crippen molar-refractivity contribution in [1.82, 2.24) is 19.2 Å². The molecule has 7 nitrogen and oxygen atoms in total. The van der Waals surface area contributed by atoms with Crippen LogP contribution in [0.1, 0.15) is 29.8 Å². The molecule has 1 aromatic heterocycles. The second kappa shape index (κ2) is 10.1. The summed E-state index contributed by atoms with van der Waals surface area (Å²) in [5.41, 5.74) is 2.61. The molecule has 3 aromatic rings. The van der Waals surface area contributed by atoms with Crippen LogP contribution in [0.2, 0.25) is 5.02 Å². The first-order chi connectivity index (χ1) is 15.8. The standard InChI is InChI=1S/C24H27ClN4O3S/c1-18-26-12-15-29(18)22-8-6-19(7-9-22)16-27-24(30)20-10-13-28(14-11-20)33(31,32)17-21-4-2-3-5-23(21)25/h2-9,12,15,20H,10-11,13-14,16-17H2,1H3,(H,27,30). The van der Waals surface area contributed by atoms with Crippen LogP contribution < -0.4 is 5.32 Å². The van der Waals surface area contributed by atoms with Crippen LogP contribution in [0.5, 0.6) is 0 Å². The van der Waals surface area contributed by atoms with Gasteiger partial charge in [0.05, 0.1) is 5.75 Å². The zero-order valence-corrected chi connectivity index (χ0v) is 20.0. The van der Waals surface area contributed by atoms with Gasteiger partial charge in [-0.3, -0.25) is 4.79 Å². The van der Waals surface area contributed by atoms with Crippen LogP contribution in [0, 0.1) is 12.8 Å². The zero-order valence-electron chi connectivity index (χ0n) is 18.4. The first-order valence-corrected chi connectivity index (χ1v) is 12.9. The summed E-state index contributed by atoms with van der Waals surface area (Å²) in [6.07, 6.45) is 4.68. The molecular formula is C24H27ClN4O3S. The maximum absolute atomic E-state index is 12.8. The molecule has 1 saturated heterocycles. The SMILES string of the molecule is Cc1nccn1-c1ccc(CNC(=O)C2CCN(S(=O)(=O)Cc3ccccc3Cl)CC2)cc1. The summed E-state index contributed by atoms with van der Waals surface area (Å²) in [6.45, 7) is 3.06. The Morgan fingerprint density at radius 2 is 1.82 bits per heavy atom. The number of halogens is 1. The summed E-state index contributed by atoms with van der Waals surface area (Å²) >= 11 is 6.12. The van der Waals surface area contributed by atoms with Crippen LogP contribution in [0.4, 0.5) is 0 Å². The maximum Gasteiger partial charge on any atom is 0.223 e. The number of sulfonamides is 1.